The Morgan fingerprint density at radius 3 is 2.74 bits per heavy atom. The first-order valence-corrected chi connectivity index (χ1v) is 5.82. The highest BCUT2D eigenvalue weighted by molar-refractivity contribution is 5.87. The zero-order chi connectivity index (χ0) is 13.9. The number of carbonyl (C=O) groups excluding carboxylic acids is 1. The maximum absolute atomic E-state index is 11.3. The fraction of sp³-hybridized carbons (Fsp3) is 0.200. The molecule has 0 unspecified atom stereocenters. The third-order valence-electron chi connectivity index (χ3n) is 2.15. The minimum absolute atomic E-state index is 0.0203. The monoisotopic (exact) mass is 257 g/mol. The number of ether oxygens (including phenoxy) is 2. The number of allylic oxidation sites excluding steroid dienone is 1. The minimum atomic E-state index is -0.386. The van der Waals surface area contributed by atoms with Gasteiger partial charge in [0.2, 0.25) is 0 Å². The van der Waals surface area contributed by atoms with E-state index < -0.39 is 0 Å². The van der Waals surface area contributed by atoms with Crippen LogP contribution in [0.15, 0.2) is 42.5 Å². The third kappa shape index (κ3) is 6.08. The van der Waals surface area contributed by atoms with Crippen molar-refractivity contribution in [2.24, 2.45) is 0 Å². The molecule has 1 aromatic carbocycles. The smallest absolute Gasteiger partial charge is 0.331 e. The number of nitriles is 1. The Labute approximate surface area is 112 Å². The van der Waals surface area contributed by atoms with Crippen molar-refractivity contribution in [3.05, 3.63) is 48.1 Å². The molecular formula is C15H15NO3. The van der Waals surface area contributed by atoms with E-state index in [2.05, 4.69) is 0 Å². The normalized spacial score (nSPS) is 10.5. The molecule has 4 nitrogen and oxygen atoms in total. The Balaban J connectivity index is 2.48. The number of hydrogen-bond acceptors (Lipinski definition) is 4. The number of esters is 1. The highest BCUT2D eigenvalue weighted by Crippen LogP contribution is 2.12. The largest absolute Gasteiger partial charge is 0.479 e. The predicted octanol–water partition coefficient (Wildman–Crippen LogP) is 2.72. The highest BCUT2D eigenvalue weighted by atomic mass is 16.5. The van der Waals surface area contributed by atoms with E-state index in [-0.39, 0.29) is 19.2 Å². The first-order valence-electron chi connectivity index (χ1n) is 5.82. The molecule has 1 rings (SSSR count). The molecule has 98 valence electrons. The zero-order valence-electron chi connectivity index (χ0n) is 10.7. The van der Waals surface area contributed by atoms with Crippen LogP contribution in [0.5, 0.6) is 5.75 Å². The average Bonchev–Trinajstić information content (AvgIpc) is 2.44. The van der Waals surface area contributed by atoms with E-state index in [4.69, 9.17) is 14.7 Å². The second kappa shape index (κ2) is 8.54. The highest BCUT2D eigenvalue weighted by Gasteiger charge is 1.96. The van der Waals surface area contributed by atoms with Gasteiger partial charge in [-0.15, -0.1) is 0 Å². The molecule has 0 heterocycles. The van der Waals surface area contributed by atoms with E-state index in [1.807, 2.05) is 19.1 Å². The Morgan fingerprint density at radius 1 is 1.37 bits per heavy atom. The standard InChI is InChI=1S/C15H15NO3/c1-2-3-11-19-15(17)9-6-13-4-7-14(8-5-13)18-12-10-16/h2-9H,11-12H2,1H3/b3-2+,9-6+. The Kier molecular flexibility index (Phi) is 6.52. The van der Waals surface area contributed by atoms with Gasteiger partial charge in [-0.2, -0.15) is 5.26 Å². The Bertz CT molecular complexity index is 495. The van der Waals surface area contributed by atoms with Gasteiger partial charge in [-0.05, 0) is 30.7 Å². The minimum Gasteiger partial charge on any atom is -0.479 e. The first-order chi connectivity index (χ1) is 9.26. The Morgan fingerprint density at radius 2 is 2.11 bits per heavy atom. The van der Waals surface area contributed by atoms with Crippen LogP contribution in [0, 0.1) is 11.3 Å². The van der Waals surface area contributed by atoms with Crippen molar-refractivity contribution in [1.29, 1.82) is 5.26 Å². The van der Waals surface area contributed by atoms with Crippen molar-refractivity contribution in [2.45, 2.75) is 6.92 Å². The van der Waals surface area contributed by atoms with E-state index in [0.717, 1.165) is 5.56 Å². The van der Waals surface area contributed by atoms with Gasteiger partial charge >= 0.3 is 5.97 Å². The van der Waals surface area contributed by atoms with Gasteiger partial charge < -0.3 is 9.47 Å². The summed E-state index contributed by atoms with van der Waals surface area (Å²) in [5.41, 5.74) is 0.854. The van der Waals surface area contributed by atoms with E-state index in [9.17, 15) is 4.79 Å². The molecule has 0 fully saturated rings. The molecule has 0 spiro atoms. The molecule has 0 N–H and O–H groups in total. The van der Waals surface area contributed by atoms with Gasteiger partial charge in [0.1, 0.15) is 18.4 Å². The van der Waals surface area contributed by atoms with Crippen LogP contribution in [0.3, 0.4) is 0 Å². The molecule has 4 heteroatoms. The average molecular weight is 257 g/mol. The Hall–Kier alpha value is -2.54. The molecule has 0 amide bonds. The second-order valence-corrected chi connectivity index (χ2v) is 3.55. The maximum Gasteiger partial charge on any atom is 0.331 e. The third-order valence-corrected chi connectivity index (χ3v) is 2.15. The van der Waals surface area contributed by atoms with Crippen molar-refractivity contribution in [2.75, 3.05) is 13.2 Å². The predicted molar refractivity (Wildman–Crippen MR) is 72.4 cm³/mol. The second-order valence-electron chi connectivity index (χ2n) is 3.55. The fourth-order valence-corrected chi connectivity index (χ4v) is 1.23. The molecule has 0 saturated carbocycles. The van der Waals surface area contributed by atoms with Crippen LogP contribution >= 0.6 is 0 Å². The van der Waals surface area contributed by atoms with Crippen molar-refractivity contribution in [1.82, 2.24) is 0 Å². The van der Waals surface area contributed by atoms with Crippen LogP contribution in [0.1, 0.15) is 12.5 Å². The lowest BCUT2D eigenvalue weighted by Gasteiger charge is -2.01. The molecule has 0 bridgehead atoms. The lowest BCUT2D eigenvalue weighted by atomic mass is 10.2. The van der Waals surface area contributed by atoms with E-state index in [1.165, 1.54) is 6.08 Å². The summed E-state index contributed by atoms with van der Waals surface area (Å²) in [7, 11) is 0. The van der Waals surface area contributed by atoms with Gasteiger partial charge in [-0.3, -0.25) is 0 Å². The first kappa shape index (κ1) is 14.5. The SMILES string of the molecule is C/C=C/COC(=O)/C=C/c1ccc(OCC#N)cc1. The number of nitrogens with zero attached hydrogens (tertiary/aromatic N) is 1. The van der Waals surface area contributed by atoms with Gasteiger partial charge in [0.25, 0.3) is 0 Å². The molecule has 0 radical (unpaired) electrons. The van der Waals surface area contributed by atoms with Crippen molar-refractivity contribution in [3.63, 3.8) is 0 Å². The zero-order valence-corrected chi connectivity index (χ0v) is 10.7. The van der Waals surface area contributed by atoms with E-state index in [1.54, 1.807) is 36.4 Å². The van der Waals surface area contributed by atoms with Crippen molar-refractivity contribution in [3.8, 4) is 11.8 Å². The van der Waals surface area contributed by atoms with Crippen molar-refractivity contribution >= 4 is 12.0 Å². The summed E-state index contributed by atoms with van der Waals surface area (Å²) in [6, 6.07) is 8.96. The van der Waals surface area contributed by atoms with Crippen LogP contribution in [0.2, 0.25) is 0 Å². The summed E-state index contributed by atoms with van der Waals surface area (Å²) >= 11 is 0. The molecule has 0 aromatic heterocycles. The summed E-state index contributed by atoms with van der Waals surface area (Å²) in [5, 5.41) is 8.37. The van der Waals surface area contributed by atoms with Crippen LogP contribution in [-0.2, 0) is 9.53 Å². The summed E-state index contributed by atoms with van der Waals surface area (Å²) in [6.45, 7) is 2.16. The van der Waals surface area contributed by atoms with Gasteiger partial charge in [-0.25, -0.2) is 4.79 Å². The summed E-state index contributed by atoms with van der Waals surface area (Å²) in [5.74, 6) is 0.234. The molecule has 0 saturated heterocycles. The van der Waals surface area contributed by atoms with Gasteiger partial charge in [0, 0.05) is 6.08 Å². The molecular weight excluding hydrogens is 242 g/mol. The van der Waals surface area contributed by atoms with Gasteiger partial charge in [0.05, 0.1) is 0 Å². The lowest BCUT2D eigenvalue weighted by Crippen LogP contribution is -1.99. The lowest BCUT2D eigenvalue weighted by molar-refractivity contribution is -0.136. The molecule has 1 aromatic rings. The van der Waals surface area contributed by atoms with Crippen LogP contribution < -0.4 is 4.74 Å². The molecule has 0 aliphatic carbocycles. The van der Waals surface area contributed by atoms with Crippen LogP contribution in [0.4, 0.5) is 0 Å². The molecule has 19 heavy (non-hydrogen) atoms. The van der Waals surface area contributed by atoms with Crippen molar-refractivity contribution < 1.29 is 14.3 Å². The van der Waals surface area contributed by atoms with Gasteiger partial charge in [-0.1, -0.05) is 24.3 Å². The van der Waals surface area contributed by atoms with Crippen LogP contribution in [0.25, 0.3) is 6.08 Å². The summed E-state index contributed by atoms with van der Waals surface area (Å²) in [4.78, 5) is 11.3. The topological polar surface area (TPSA) is 59.3 Å². The van der Waals surface area contributed by atoms with Crippen LogP contribution in [-0.4, -0.2) is 19.2 Å². The maximum atomic E-state index is 11.3. The molecule has 0 aliphatic heterocycles. The fourth-order valence-electron chi connectivity index (χ4n) is 1.23. The number of hydrogen-bond donors (Lipinski definition) is 0. The van der Waals surface area contributed by atoms with E-state index in [0.29, 0.717) is 5.75 Å². The number of rotatable bonds is 6. The van der Waals surface area contributed by atoms with E-state index >= 15 is 0 Å². The summed E-state index contributed by atoms with van der Waals surface area (Å²) in [6.07, 6.45) is 6.60. The van der Waals surface area contributed by atoms with Gasteiger partial charge in [0.15, 0.2) is 6.61 Å². The number of carbonyl (C=O) groups is 1. The quantitative estimate of drug-likeness (QED) is 0.446. The molecule has 0 aliphatic rings. The molecule has 0 atom stereocenters. The number of benzene rings is 1. The summed E-state index contributed by atoms with van der Waals surface area (Å²) < 4.78 is 10.0.